The second kappa shape index (κ2) is 5.00. The van der Waals surface area contributed by atoms with E-state index in [4.69, 9.17) is 9.15 Å². The molecule has 20 heavy (non-hydrogen) atoms. The average molecular weight is 276 g/mol. The molecule has 2 rings (SSSR count). The first-order valence-electron chi connectivity index (χ1n) is 6.32. The maximum absolute atomic E-state index is 11.9. The number of rotatable bonds is 2. The number of carbonyl (C=O) groups excluding carboxylic acids is 1. The number of aryl methyl sites for hydroxylation is 2. The van der Waals surface area contributed by atoms with Crippen molar-refractivity contribution in [2.75, 3.05) is 6.61 Å². The van der Waals surface area contributed by atoms with E-state index >= 15 is 0 Å². The lowest BCUT2D eigenvalue weighted by Gasteiger charge is -2.11. The molecule has 0 amide bonds. The molecule has 0 saturated carbocycles. The molecular weight excluding hydrogens is 260 g/mol. The van der Waals surface area contributed by atoms with Gasteiger partial charge in [-0.25, -0.2) is 9.59 Å². The largest absolute Gasteiger partial charge is 0.507 e. The quantitative estimate of drug-likeness (QED) is 0.674. The van der Waals surface area contributed by atoms with Crippen LogP contribution < -0.4 is 5.63 Å². The van der Waals surface area contributed by atoms with Crippen LogP contribution in [0.3, 0.4) is 0 Å². The van der Waals surface area contributed by atoms with Crippen molar-refractivity contribution < 1.29 is 19.1 Å². The van der Waals surface area contributed by atoms with E-state index in [0.29, 0.717) is 27.7 Å². The van der Waals surface area contributed by atoms with Gasteiger partial charge in [-0.1, -0.05) is 0 Å². The van der Waals surface area contributed by atoms with Crippen molar-refractivity contribution in [2.45, 2.75) is 27.7 Å². The van der Waals surface area contributed by atoms with Crippen molar-refractivity contribution in [1.82, 2.24) is 0 Å². The number of fused-ring (bicyclic) bond motifs is 1. The highest BCUT2D eigenvalue weighted by Gasteiger charge is 2.19. The molecule has 5 nitrogen and oxygen atoms in total. The van der Waals surface area contributed by atoms with Crippen molar-refractivity contribution in [1.29, 1.82) is 0 Å². The smallest absolute Gasteiger partial charge is 0.351 e. The monoisotopic (exact) mass is 276 g/mol. The Morgan fingerprint density at radius 3 is 2.50 bits per heavy atom. The second-order valence-corrected chi connectivity index (χ2v) is 4.63. The van der Waals surface area contributed by atoms with Crippen LogP contribution in [0, 0.1) is 20.8 Å². The second-order valence-electron chi connectivity index (χ2n) is 4.63. The van der Waals surface area contributed by atoms with Gasteiger partial charge >= 0.3 is 11.6 Å². The molecule has 106 valence electrons. The Morgan fingerprint density at radius 1 is 1.25 bits per heavy atom. The Bertz CT molecular complexity index is 755. The molecular formula is C15H16O5. The lowest BCUT2D eigenvalue weighted by Crippen LogP contribution is -2.16. The predicted molar refractivity (Wildman–Crippen MR) is 74.3 cm³/mol. The van der Waals surface area contributed by atoms with Gasteiger partial charge in [0.05, 0.1) is 6.61 Å². The first kappa shape index (κ1) is 14.1. The van der Waals surface area contributed by atoms with Crippen LogP contribution in [0.15, 0.2) is 15.3 Å². The zero-order valence-electron chi connectivity index (χ0n) is 11.9. The third kappa shape index (κ3) is 2.05. The van der Waals surface area contributed by atoms with Crippen LogP contribution in [0.1, 0.15) is 34.0 Å². The average Bonchev–Trinajstić information content (AvgIpc) is 2.42. The zero-order valence-corrected chi connectivity index (χ0v) is 11.9. The third-order valence-corrected chi connectivity index (χ3v) is 3.46. The lowest BCUT2D eigenvalue weighted by molar-refractivity contribution is 0.0521. The van der Waals surface area contributed by atoms with E-state index in [1.54, 1.807) is 27.7 Å². The zero-order chi connectivity index (χ0) is 15.0. The molecule has 0 unspecified atom stereocenters. The van der Waals surface area contributed by atoms with E-state index in [0.717, 1.165) is 0 Å². The minimum absolute atomic E-state index is 0.138. The van der Waals surface area contributed by atoms with Crippen molar-refractivity contribution in [3.63, 3.8) is 0 Å². The van der Waals surface area contributed by atoms with Crippen molar-refractivity contribution in [2.24, 2.45) is 0 Å². The maximum Gasteiger partial charge on any atom is 0.351 e. The third-order valence-electron chi connectivity index (χ3n) is 3.46. The number of carbonyl (C=O) groups is 1. The molecule has 0 saturated heterocycles. The molecule has 0 fully saturated rings. The SMILES string of the molecule is CCOC(=O)c1cc2c(C)c(O)c(C)c(C)c2oc1=O. The number of hydrogen-bond acceptors (Lipinski definition) is 5. The summed E-state index contributed by atoms with van der Waals surface area (Å²) >= 11 is 0. The summed E-state index contributed by atoms with van der Waals surface area (Å²) in [4.78, 5) is 23.6. The molecule has 0 bridgehead atoms. The molecule has 1 aromatic heterocycles. The molecule has 5 heteroatoms. The first-order valence-corrected chi connectivity index (χ1v) is 6.32. The van der Waals surface area contributed by atoms with E-state index < -0.39 is 11.6 Å². The Kier molecular flexibility index (Phi) is 3.53. The van der Waals surface area contributed by atoms with Crippen LogP contribution in [0.4, 0.5) is 0 Å². The summed E-state index contributed by atoms with van der Waals surface area (Å²) in [7, 11) is 0. The molecule has 0 atom stereocenters. The van der Waals surface area contributed by atoms with E-state index in [9.17, 15) is 14.7 Å². The van der Waals surface area contributed by atoms with E-state index in [-0.39, 0.29) is 17.9 Å². The Labute approximate surface area is 115 Å². The molecule has 0 aliphatic rings. The van der Waals surface area contributed by atoms with Gasteiger partial charge in [-0.15, -0.1) is 0 Å². The number of hydrogen-bond donors (Lipinski definition) is 1. The van der Waals surface area contributed by atoms with Gasteiger partial charge in [-0.3, -0.25) is 0 Å². The first-order chi connectivity index (χ1) is 9.38. The van der Waals surface area contributed by atoms with Gasteiger partial charge in [0, 0.05) is 10.9 Å². The number of esters is 1. The minimum atomic E-state index is -0.733. The van der Waals surface area contributed by atoms with Gasteiger partial charge in [-0.2, -0.15) is 0 Å². The summed E-state index contributed by atoms with van der Waals surface area (Å²) in [5.74, 6) is -0.584. The van der Waals surface area contributed by atoms with Crippen molar-refractivity contribution in [3.8, 4) is 5.75 Å². The fraction of sp³-hybridized carbons (Fsp3) is 0.333. The highest BCUT2D eigenvalue weighted by molar-refractivity contribution is 5.95. The summed E-state index contributed by atoms with van der Waals surface area (Å²) in [6, 6.07) is 1.42. The Morgan fingerprint density at radius 2 is 1.90 bits per heavy atom. The number of phenolic OH excluding ortho intramolecular Hbond substituents is 1. The van der Waals surface area contributed by atoms with Crippen molar-refractivity contribution >= 4 is 16.9 Å². The summed E-state index contributed by atoms with van der Waals surface area (Å²) in [6.07, 6.45) is 0. The van der Waals surface area contributed by atoms with Gasteiger partial charge in [0.25, 0.3) is 0 Å². The van der Waals surface area contributed by atoms with Gasteiger partial charge in [-0.05, 0) is 44.9 Å². The molecule has 1 aromatic carbocycles. The highest BCUT2D eigenvalue weighted by Crippen LogP contribution is 2.33. The number of aromatic hydroxyl groups is 1. The highest BCUT2D eigenvalue weighted by atomic mass is 16.5. The van der Waals surface area contributed by atoms with E-state index in [1.807, 2.05) is 0 Å². The van der Waals surface area contributed by atoms with Gasteiger partial charge in [0.2, 0.25) is 0 Å². The predicted octanol–water partition coefficient (Wildman–Crippen LogP) is 2.60. The molecule has 1 N–H and O–H groups in total. The summed E-state index contributed by atoms with van der Waals surface area (Å²) in [5, 5.41) is 10.6. The topological polar surface area (TPSA) is 76.7 Å². The molecule has 2 aromatic rings. The van der Waals surface area contributed by atoms with Crippen LogP contribution in [-0.4, -0.2) is 17.7 Å². The standard InChI is InChI=1S/C15H16O5/c1-5-19-14(17)11-6-10-9(4)12(16)7(2)8(3)13(10)20-15(11)18/h6,16H,5H2,1-4H3. The van der Waals surface area contributed by atoms with E-state index in [1.165, 1.54) is 6.07 Å². The van der Waals surface area contributed by atoms with Crippen LogP contribution in [-0.2, 0) is 4.74 Å². The number of ether oxygens (including phenoxy) is 1. The van der Waals surface area contributed by atoms with Crippen molar-refractivity contribution in [3.05, 3.63) is 38.7 Å². The van der Waals surface area contributed by atoms with Crippen LogP contribution in [0.2, 0.25) is 0 Å². The lowest BCUT2D eigenvalue weighted by atomic mass is 9.99. The van der Waals surface area contributed by atoms with Gasteiger partial charge in [0.15, 0.2) is 0 Å². The van der Waals surface area contributed by atoms with Crippen LogP contribution >= 0.6 is 0 Å². The summed E-state index contributed by atoms with van der Waals surface area (Å²) < 4.78 is 10.1. The molecule has 0 spiro atoms. The Hall–Kier alpha value is -2.30. The number of benzene rings is 1. The summed E-state index contributed by atoms with van der Waals surface area (Å²) in [5.41, 5.74) is 1.39. The number of phenols is 1. The Balaban J connectivity index is 2.83. The molecule has 1 heterocycles. The summed E-state index contributed by atoms with van der Waals surface area (Å²) in [6.45, 7) is 7.04. The molecule has 0 aliphatic heterocycles. The fourth-order valence-electron chi connectivity index (χ4n) is 2.14. The van der Waals surface area contributed by atoms with E-state index in [2.05, 4.69) is 0 Å². The molecule has 0 aliphatic carbocycles. The van der Waals surface area contributed by atoms with Gasteiger partial charge < -0.3 is 14.3 Å². The van der Waals surface area contributed by atoms with Crippen LogP contribution in [0.25, 0.3) is 11.0 Å². The fourth-order valence-corrected chi connectivity index (χ4v) is 2.14. The van der Waals surface area contributed by atoms with Gasteiger partial charge in [0.1, 0.15) is 16.9 Å². The normalized spacial score (nSPS) is 10.8. The minimum Gasteiger partial charge on any atom is -0.507 e. The van der Waals surface area contributed by atoms with Crippen LogP contribution in [0.5, 0.6) is 5.75 Å². The maximum atomic E-state index is 11.9. The molecule has 0 radical (unpaired) electrons.